The summed E-state index contributed by atoms with van der Waals surface area (Å²) >= 11 is 0. The Hall–Kier alpha value is -3.22. The van der Waals surface area contributed by atoms with Crippen molar-refractivity contribution < 1.29 is 23.5 Å². The Balaban J connectivity index is 1.34. The number of alkyl carbamates (subject to hydrolysis) is 1. The lowest BCUT2D eigenvalue weighted by molar-refractivity contribution is -0.144. The molecule has 2 aromatic rings. The summed E-state index contributed by atoms with van der Waals surface area (Å²) in [4.78, 5) is 29.2. The van der Waals surface area contributed by atoms with Gasteiger partial charge in [0.25, 0.3) is 0 Å². The number of hydrogen-bond acceptors (Lipinski definition) is 5. The fourth-order valence-corrected chi connectivity index (χ4v) is 6.64. The summed E-state index contributed by atoms with van der Waals surface area (Å²) in [7, 11) is 0. The van der Waals surface area contributed by atoms with Crippen LogP contribution in [0.2, 0.25) is 0 Å². The van der Waals surface area contributed by atoms with Crippen LogP contribution in [0, 0.1) is 35.4 Å². The lowest BCUT2D eigenvalue weighted by Gasteiger charge is -2.47. The van der Waals surface area contributed by atoms with Crippen LogP contribution in [0.5, 0.6) is 0 Å². The Kier molecular flexibility index (Phi) is 7.08. The smallest absolute Gasteiger partial charge is 0.407 e. The molecule has 1 aromatic heterocycles. The van der Waals surface area contributed by atoms with Gasteiger partial charge < -0.3 is 14.8 Å². The number of hydrogen-bond donors (Lipinski definition) is 1. The van der Waals surface area contributed by atoms with Gasteiger partial charge in [-0.15, -0.1) is 0 Å². The van der Waals surface area contributed by atoms with Gasteiger partial charge in [-0.25, -0.2) is 9.18 Å². The molecule has 190 valence electrons. The zero-order valence-corrected chi connectivity index (χ0v) is 20.7. The molecule has 1 saturated heterocycles. The highest BCUT2D eigenvalue weighted by molar-refractivity contribution is 5.75. The number of allylic oxidation sites excluding steroid dienone is 1. The normalized spacial score (nSPS) is 31.4. The lowest BCUT2D eigenvalue weighted by Crippen LogP contribution is -2.48. The molecule has 2 heterocycles. The lowest BCUT2D eigenvalue weighted by atomic mass is 9.57. The van der Waals surface area contributed by atoms with Crippen molar-refractivity contribution in [3.8, 4) is 11.1 Å². The van der Waals surface area contributed by atoms with Crippen molar-refractivity contribution in [1.29, 1.82) is 0 Å². The average molecular weight is 493 g/mol. The van der Waals surface area contributed by atoms with E-state index in [2.05, 4.69) is 16.4 Å². The highest BCUT2D eigenvalue weighted by Gasteiger charge is 2.54. The van der Waals surface area contributed by atoms with Crippen molar-refractivity contribution in [2.75, 3.05) is 6.61 Å². The number of aromatic nitrogens is 1. The number of nitrogens with one attached hydrogen (secondary N) is 1. The standard InChI is InChI=1S/C29H33FN2O4/c1-3-35-29(34)32-23-10-11-24-20(14-23)15-26-27(17(2)36-28(26)33)25(24)12-9-22-8-7-19(16-31-22)18-5-4-6-21(30)13-18/h4-9,12-13,16-17,20,23-27H,3,10-11,14-15H2,1-2H3,(H,32,34)/b12-9+/t17-,20+,23-,24+,25+,26-,27+/m1/s1. The first-order valence-electron chi connectivity index (χ1n) is 13.0. The van der Waals surface area contributed by atoms with E-state index in [0.717, 1.165) is 42.5 Å². The van der Waals surface area contributed by atoms with E-state index in [1.807, 2.05) is 31.2 Å². The van der Waals surface area contributed by atoms with Crippen LogP contribution >= 0.6 is 0 Å². The summed E-state index contributed by atoms with van der Waals surface area (Å²) in [6.07, 6.45) is 9.07. The van der Waals surface area contributed by atoms with Gasteiger partial charge in [0.1, 0.15) is 11.9 Å². The Labute approximate surface area is 211 Å². The van der Waals surface area contributed by atoms with E-state index in [9.17, 15) is 14.0 Å². The molecule has 36 heavy (non-hydrogen) atoms. The minimum Gasteiger partial charge on any atom is -0.462 e. The predicted molar refractivity (Wildman–Crippen MR) is 134 cm³/mol. The van der Waals surface area contributed by atoms with Gasteiger partial charge in [-0.2, -0.15) is 0 Å². The zero-order valence-electron chi connectivity index (χ0n) is 20.7. The monoisotopic (exact) mass is 492 g/mol. The van der Waals surface area contributed by atoms with Crippen molar-refractivity contribution in [1.82, 2.24) is 10.3 Å². The number of fused-ring (bicyclic) bond motifs is 2. The molecule has 1 aliphatic heterocycles. The average Bonchev–Trinajstić information content (AvgIpc) is 3.15. The Bertz CT molecular complexity index is 1130. The van der Waals surface area contributed by atoms with E-state index < -0.39 is 0 Å². The molecule has 2 saturated carbocycles. The number of amides is 1. The summed E-state index contributed by atoms with van der Waals surface area (Å²) in [5.41, 5.74) is 2.48. The molecule has 2 aliphatic carbocycles. The predicted octanol–water partition coefficient (Wildman–Crippen LogP) is 5.63. The van der Waals surface area contributed by atoms with E-state index in [4.69, 9.17) is 9.47 Å². The van der Waals surface area contributed by atoms with Crippen LogP contribution in [0.25, 0.3) is 17.2 Å². The minimum absolute atomic E-state index is 0.0679. The van der Waals surface area contributed by atoms with Gasteiger partial charge in [0, 0.05) is 23.7 Å². The number of pyridine rings is 1. The van der Waals surface area contributed by atoms with Gasteiger partial charge in [-0.3, -0.25) is 9.78 Å². The third kappa shape index (κ3) is 5.01. The number of rotatable bonds is 5. The highest BCUT2D eigenvalue weighted by Crippen LogP contribution is 2.53. The fraction of sp³-hybridized carbons (Fsp3) is 0.483. The van der Waals surface area contributed by atoms with Gasteiger partial charge in [0.15, 0.2) is 0 Å². The molecule has 0 radical (unpaired) electrons. The van der Waals surface area contributed by atoms with Gasteiger partial charge in [0.05, 0.1) is 18.2 Å². The van der Waals surface area contributed by atoms with Crippen LogP contribution in [0.3, 0.4) is 0 Å². The zero-order chi connectivity index (χ0) is 25.2. The van der Waals surface area contributed by atoms with E-state index in [1.54, 1.807) is 19.2 Å². The highest BCUT2D eigenvalue weighted by atomic mass is 19.1. The number of benzene rings is 1. The van der Waals surface area contributed by atoms with E-state index in [1.165, 1.54) is 12.1 Å². The summed E-state index contributed by atoms with van der Waals surface area (Å²) < 4.78 is 24.3. The number of cyclic esters (lactones) is 1. The first-order chi connectivity index (χ1) is 17.4. The molecule has 0 spiro atoms. The molecule has 7 heteroatoms. The molecule has 1 aromatic carbocycles. The van der Waals surface area contributed by atoms with Gasteiger partial charge >= 0.3 is 12.1 Å². The molecule has 7 atom stereocenters. The van der Waals surface area contributed by atoms with Crippen LogP contribution in [-0.2, 0) is 14.3 Å². The third-order valence-corrected chi connectivity index (χ3v) is 8.18. The molecule has 1 amide bonds. The number of carbonyl (C=O) groups is 2. The van der Waals surface area contributed by atoms with Crippen LogP contribution in [0.4, 0.5) is 9.18 Å². The van der Waals surface area contributed by atoms with Crippen molar-refractivity contribution in [3.63, 3.8) is 0 Å². The number of esters is 1. The number of nitrogens with zero attached hydrogens (tertiary/aromatic N) is 1. The minimum atomic E-state index is -0.368. The molecular weight excluding hydrogens is 459 g/mol. The summed E-state index contributed by atoms with van der Waals surface area (Å²) in [6, 6.07) is 10.4. The Morgan fingerprint density at radius 1 is 1.22 bits per heavy atom. The van der Waals surface area contributed by atoms with E-state index >= 15 is 0 Å². The van der Waals surface area contributed by atoms with Crippen molar-refractivity contribution >= 4 is 18.1 Å². The molecule has 5 rings (SSSR count). The van der Waals surface area contributed by atoms with Gasteiger partial charge in [0.2, 0.25) is 0 Å². The molecular formula is C29H33FN2O4. The molecule has 3 aliphatic rings. The first-order valence-corrected chi connectivity index (χ1v) is 13.0. The van der Waals surface area contributed by atoms with Crippen LogP contribution in [-0.4, -0.2) is 35.8 Å². The second kappa shape index (κ2) is 10.4. The third-order valence-electron chi connectivity index (χ3n) is 8.18. The summed E-state index contributed by atoms with van der Waals surface area (Å²) in [5, 5.41) is 3.00. The largest absolute Gasteiger partial charge is 0.462 e. The van der Waals surface area contributed by atoms with Crippen LogP contribution < -0.4 is 5.32 Å². The fourth-order valence-electron chi connectivity index (χ4n) is 6.64. The number of carbonyl (C=O) groups excluding carboxylic acids is 2. The molecule has 0 unspecified atom stereocenters. The number of ether oxygens (including phenoxy) is 2. The summed E-state index contributed by atoms with van der Waals surface area (Å²) in [5.74, 6) is 0.629. The molecule has 0 bridgehead atoms. The Morgan fingerprint density at radius 2 is 2.08 bits per heavy atom. The van der Waals surface area contributed by atoms with Crippen LogP contribution in [0.15, 0.2) is 48.7 Å². The van der Waals surface area contributed by atoms with Crippen molar-refractivity contribution in [2.45, 2.75) is 51.7 Å². The van der Waals surface area contributed by atoms with Crippen molar-refractivity contribution in [2.24, 2.45) is 29.6 Å². The van der Waals surface area contributed by atoms with Crippen molar-refractivity contribution in [3.05, 3.63) is 60.2 Å². The SMILES string of the molecule is CCOC(=O)N[C@@H]1CC[C@H]2[C@@H](C1)C[C@H]1C(=O)O[C@H](C)[C@H]1[C@H]2/C=C/c1ccc(-c2cccc(F)c2)cn1. The summed E-state index contributed by atoms with van der Waals surface area (Å²) in [6.45, 7) is 4.15. The first kappa shape index (κ1) is 24.5. The topological polar surface area (TPSA) is 77.5 Å². The Morgan fingerprint density at radius 3 is 2.83 bits per heavy atom. The second-order valence-corrected chi connectivity index (χ2v) is 10.3. The second-order valence-electron chi connectivity index (χ2n) is 10.3. The maximum atomic E-state index is 13.6. The van der Waals surface area contributed by atoms with Crippen LogP contribution in [0.1, 0.15) is 45.2 Å². The maximum Gasteiger partial charge on any atom is 0.407 e. The number of halogens is 1. The van der Waals surface area contributed by atoms with E-state index in [0.29, 0.717) is 18.4 Å². The molecule has 6 nitrogen and oxygen atoms in total. The molecule has 3 fully saturated rings. The molecule has 1 N–H and O–H groups in total. The quantitative estimate of drug-likeness (QED) is 0.548. The van der Waals surface area contributed by atoms with Gasteiger partial charge in [-0.05, 0) is 87.1 Å². The maximum absolute atomic E-state index is 13.6. The van der Waals surface area contributed by atoms with E-state index in [-0.39, 0.29) is 47.8 Å². The van der Waals surface area contributed by atoms with Gasteiger partial charge in [-0.1, -0.05) is 24.3 Å².